The Labute approximate surface area is 166 Å². The Morgan fingerprint density at radius 3 is 2.54 bits per heavy atom. The van der Waals surface area contributed by atoms with Crippen LogP contribution >= 0.6 is 0 Å². The van der Waals surface area contributed by atoms with Gasteiger partial charge >= 0.3 is 0 Å². The first-order chi connectivity index (χ1) is 13.4. The molecule has 4 rings (SSSR count). The van der Waals surface area contributed by atoms with Gasteiger partial charge in [-0.3, -0.25) is 4.79 Å². The second-order valence-electron chi connectivity index (χ2n) is 8.06. The van der Waals surface area contributed by atoms with E-state index in [-0.39, 0.29) is 11.4 Å². The molecule has 0 bridgehead atoms. The number of aliphatic imine (C=N–C) groups is 1. The van der Waals surface area contributed by atoms with Crippen LogP contribution in [-0.2, 0) is 4.79 Å². The van der Waals surface area contributed by atoms with Crippen molar-refractivity contribution in [2.45, 2.75) is 45.6 Å². The van der Waals surface area contributed by atoms with Crippen LogP contribution in [0.1, 0.15) is 51.2 Å². The number of methoxy groups -OCH3 is 1. The molecule has 146 valence electrons. The van der Waals surface area contributed by atoms with E-state index in [1.54, 1.807) is 7.11 Å². The van der Waals surface area contributed by atoms with Crippen LogP contribution < -0.4 is 14.4 Å². The summed E-state index contributed by atoms with van der Waals surface area (Å²) in [5.74, 6) is 1.85. The monoisotopic (exact) mass is 378 g/mol. The fraction of sp³-hybridized carbons (Fsp3) is 0.391. The number of benzene rings is 2. The molecular formula is C23H26N2O3. The summed E-state index contributed by atoms with van der Waals surface area (Å²) in [6.07, 6.45) is 0.898. The van der Waals surface area contributed by atoms with E-state index in [9.17, 15) is 4.79 Å². The molecule has 0 N–H and O–H groups in total. The number of anilines is 1. The topological polar surface area (TPSA) is 51.1 Å². The summed E-state index contributed by atoms with van der Waals surface area (Å²) >= 11 is 0. The Kier molecular flexibility index (Phi) is 4.41. The van der Waals surface area contributed by atoms with Gasteiger partial charge in [0.15, 0.2) is 0 Å². The van der Waals surface area contributed by atoms with E-state index in [1.165, 1.54) is 0 Å². The minimum absolute atomic E-state index is 0.0460. The molecule has 0 spiro atoms. The summed E-state index contributed by atoms with van der Waals surface area (Å²) in [7, 11) is 1.66. The van der Waals surface area contributed by atoms with E-state index >= 15 is 0 Å². The van der Waals surface area contributed by atoms with Gasteiger partial charge in [0, 0.05) is 11.1 Å². The third kappa shape index (κ3) is 2.86. The van der Waals surface area contributed by atoms with Crippen LogP contribution in [0.2, 0.25) is 0 Å². The lowest BCUT2D eigenvalue weighted by molar-refractivity contribution is -0.113. The Balaban J connectivity index is 1.86. The second kappa shape index (κ2) is 6.66. The molecule has 0 saturated heterocycles. The molecule has 5 nitrogen and oxygen atoms in total. The molecule has 0 fully saturated rings. The summed E-state index contributed by atoms with van der Waals surface area (Å²) in [6.45, 7) is 9.02. The molecule has 0 aromatic heterocycles. The average molecular weight is 378 g/mol. The third-order valence-electron chi connectivity index (χ3n) is 5.56. The Morgan fingerprint density at radius 2 is 1.89 bits per heavy atom. The number of hydrogen-bond donors (Lipinski definition) is 0. The van der Waals surface area contributed by atoms with Crippen LogP contribution in [0.15, 0.2) is 41.4 Å². The van der Waals surface area contributed by atoms with E-state index in [2.05, 4.69) is 26.8 Å². The van der Waals surface area contributed by atoms with Crippen LogP contribution in [0.25, 0.3) is 0 Å². The predicted molar refractivity (Wildman–Crippen MR) is 111 cm³/mol. The fourth-order valence-corrected chi connectivity index (χ4v) is 4.42. The van der Waals surface area contributed by atoms with Crippen LogP contribution in [0.3, 0.4) is 0 Å². The summed E-state index contributed by atoms with van der Waals surface area (Å²) in [4.78, 5) is 20.1. The van der Waals surface area contributed by atoms with Crippen molar-refractivity contribution in [1.82, 2.24) is 0 Å². The van der Waals surface area contributed by atoms with Crippen LogP contribution in [0.4, 0.5) is 11.4 Å². The molecular weight excluding hydrogens is 352 g/mol. The molecule has 2 aromatic rings. The van der Waals surface area contributed by atoms with Gasteiger partial charge < -0.3 is 14.4 Å². The summed E-state index contributed by atoms with van der Waals surface area (Å²) < 4.78 is 11.0. The van der Waals surface area contributed by atoms with Crippen LogP contribution in [0, 0.1) is 0 Å². The lowest BCUT2D eigenvalue weighted by Crippen LogP contribution is -2.50. The highest BCUT2D eigenvalue weighted by Gasteiger charge is 2.48. The fourth-order valence-electron chi connectivity index (χ4n) is 4.42. The molecule has 2 heterocycles. The van der Waals surface area contributed by atoms with Crippen LogP contribution in [0.5, 0.6) is 11.5 Å². The third-order valence-corrected chi connectivity index (χ3v) is 5.56. The van der Waals surface area contributed by atoms with Gasteiger partial charge in [-0.05, 0) is 75.1 Å². The largest absolute Gasteiger partial charge is 0.497 e. The van der Waals surface area contributed by atoms with E-state index in [1.807, 2.05) is 42.2 Å². The minimum Gasteiger partial charge on any atom is -0.497 e. The number of ether oxygens (including phenoxy) is 2. The number of carbonyl (C=O) groups is 1. The zero-order chi connectivity index (χ0) is 20.1. The molecule has 0 radical (unpaired) electrons. The van der Waals surface area contributed by atoms with E-state index in [0.29, 0.717) is 18.2 Å². The second-order valence-corrected chi connectivity index (χ2v) is 8.06. The van der Waals surface area contributed by atoms with Gasteiger partial charge in [-0.2, -0.15) is 0 Å². The minimum atomic E-state index is -0.261. The zero-order valence-electron chi connectivity index (χ0n) is 17.1. The van der Waals surface area contributed by atoms with Gasteiger partial charge in [0.25, 0.3) is 5.91 Å². The number of rotatable bonds is 4. The maximum atomic E-state index is 13.4. The lowest BCUT2D eigenvalue weighted by atomic mass is 9.80. The summed E-state index contributed by atoms with van der Waals surface area (Å²) in [6, 6.07) is 11.5. The Bertz CT molecular complexity index is 961. The van der Waals surface area contributed by atoms with Gasteiger partial charge in [0.1, 0.15) is 17.2 Å². The quantitative estimate of drug-likeness (QED) is 0.764. The number of nitrogens with zero attached hydrogens (tertiary/aromatic N) is 2. The van der Waals surface area contributed by atoms with Gasteiger partial charge in [0.05, 0.1) is 25.1 Å². The zero-order valence-corrected chi connectivity index (χ0v) is 17.1. The predicted octanol–water partition coefficient (Wildman–Crippen LogP) is 4.85. The molecule has 1 atom stereocenters. The van der Waals surface area contributed by atoms with Gasteiger partial charge in [-0.1, -0.05) is 6.92 Å². The van der Waals surface area contributed by atoms with Crippen LogP contribution in [-0.4, -0.2) is 30.9 Å². The van der Waals surface area contributed by atoms with E-state index < -0.39 is 0 Å². The van der Waals surface area contributed by atoms with Crippen molar-refractivity contribution in [2.75, 3.05) is 18.6 Å². The van der Waals surface area contributed by atoms with Gasteiger partial charge in [-0.25, -0.2) is 4.99 Å². The summed E-state index contributed by atoms with van der Waals surface area (Å²) in [5.41, 5.74) is 3.93. The molecule has 5 heteroatoms. The first kappa shape index (κ1) is 18.5. The van der Waals surface area contributed by atoms with E-state index in [0.717, 1.165) is 40.4 Å². The maximum absolute atomic E-state index is 13.4. The van der Waals surface area contributed by atoms with Gasteiger partial charge in [0.2, 0.25) is 0 Å². The van der Waals surface area contributed by atoms with Crippen molar-refractivity contribution in [1.29, 1.82) is 0 Å². The van der Waals surface area contributed by atoms with Crippen molar-refractivity contribution < 1.29 is 14.3 Å². The first-order valence-corrected chi connectivity index (χ1v) is 9.74. The first-order valence-electron chi connectivity index (χ1n) is 9.74. The Morgan fingerprint density at radius 1 is 1.18 bits per heavy atom. The molecule has 2 aliphatic heterocycles. The highest BCUT2D eigenvalue weighted by molar-refractivity contribution is 6.55. The number of carbonyl (C=O) groups excluding carboxylic acids is 1. The molecule has 1 amide bonds. The standard InChI is InChI=1S/C23H26N2O3/c1-6-28-16-9-7-15(8-10-16)24-20-19-12-17(27-5)11-18-14(2)13-23(3,4)25(21(18)19)22(20)26/h7-12,14H,6,13H2,1-5H3/t14-/m1/s1. The maximum Gasteiger partial charge on any atom is 0.278 e. The van der Waals surface area contributed by atoms with E-state index in [4.69, 9.17) is 14.5 Å². The van der Waals surface area contributed by atoms with Crippen molar-refractivity contribution in [2.24, 2.45) is 4.99 Å². The van der Waals surface area contributed by atoms with Gasteiger partial charge in [-0.15, -0.1) is 0 Å². The highest BCUT2D eigenvalue weighted by atomic mass is 16.5. The Hall–Kier alpha value is -2.82. The molecule has 2 aromatic carbocycles. The molecule has 0 unspecified atom stereocenters. The molecule has 0 aliphatic carbocycles. The molecule has 2 aliphatic rings. The smallest absolute Gasteiger partial charge is 0.278 e. The number of amides is 1. The average Bonchev–Trinajstić information content (AvgIpc) is 2.94. The lowest BCUT2D eigenvalue weighted by Gasteiger charge is -2.43. The van der Waals surface area contributed by atoms with Crippen molar-refractivity contribution in [3.05, 3.63) is 47.5 Å². The van der Waals surface area contributed by atoms with Crippen molar-refractivity contribution in [3.63, 3.8) is 0 Å². The SMILES string of the molecule is CCOc1ccc(N=C2C(=O)N3c4c2cc(OC)cc4[C@H](C)CC3(C)C)cc1. The summed E-state index contributed by atoms with van der Waals surface area (Å²) in [5, 5.41) is 0. The highest BCUT2D eigenvalue weighted by Crippen LogP contribution is 2.50. The van der Waals surface area contributed by atoms with Crippen molar-refractivity contribution >= 4 is 23.0 Å². The normalized spacial score (nSPS) is 21.0. The molecule has 28 heavy (non-hydrogen) atoms. The number of hydrogen-bond acceptors (Lipinski definition) is 4. The van der Waals surface area contributed by atoms with Crippen molar-refractivity contribution in [3.8, 4) is 11.5 Å². The molecule has 0 saturated carbocycles.